The Hall–Kier alpha value is -2.76. The number of carbonyl (C=O) groups excluding carboxylic acids is 3. The van der Waals surface area contributed by atoms with E-state index < -0.39 is 41.5 Å². The molecule has 1 saturated carbocycles. The number of Topliss-reactive ketones (excluding diaryl/α,β-unsaturated/α-hetero) is 3. The van der Waals surface area contributed by atoms with Crippen LogP contribution in [0.5, 0.6) is 0 Å². The minimum atomic E-state index is -1.35. The van der Waals surface area contributed by atoms with Crippen molar-refractivity contribution in [3.63, 3.8) is 0 Å². The second-order valence-corrected chi connectivity index (χ2v) is 5.29. The van der Waals surface area contributed by atoms with Gasteiger partial charge in [0.05, 0.1) is 29.5 Å². The summed E-state index contributed by atoms with van der Waals surface area (Å²) in [5, 5.41) is 0. The van der Waals surface area contributed by atoms with E-state index in [1.54, 1.807) is 0 Å². The highest BCUT2D eigenvalue weighted by molar-refractivity contribution is 6.26. The van der Waals surface area contributed by atoms with Crippen LogP contribution >= 0.6 is 0 Å². The summed E-state index contributed by atoms with van der Waals surface area (Å²) in [6.45, 7) is 0. The lowest BCUT2D eigenvalue weighted by molar-refractivity contribution is -0.133. The van der Waals surface area contributed by atoms with Crippen LogP contribution in [0.2, 0.25) is 0 Å². The van der Waals surface area contributed by atoms with Crippen molar-refractivity contribution >= 4 is 23.1 Å². The highest BCUT2D eigenvalue weighted by Gasteiger charge is 2.46. The van der Waals surface area contributed by atoms with Crippen LogP contribution < -0.4 is 40.1 Å². The van der Waals surface area contributed by atoms with E-state index in [1.165, 1.54) is 0 Å². The average molecular weight is 322 g/mol. The van der Waals surface area contributed by atoms with Crippen molar-refractivity contribution in [2.75, 3.05) is 0 Å². The third-order valence-electron chi connectivity index (χ3n) is 3.85. The third-order valence-corrected chi connectivity index (χ3v) is 3.85. The maximum Gasteiger partial charge on any atom is 0.228 e. The SMILES string of the molecule is NC1=C(N)C(=NC2C(=O)C(N)C(N)C(=O)C2N)C(N)=C(N)C1=O. The number of rotatable bonds is 1. The van der Waals surface area contributed by atoms with Crippen LogP contribution in [-0.4, -0.2) is 47.2 Å². The van der Waals surface area contributed by atoms with Crippen LogP contribution in [0.25, 0.3) is 0 Å². The maximum atomic E-state index is 12.2. The summed E-state index contributed by atoms with van der Waals surface area (Å²) < 4.78 is 0. The maximum absolute atomic E-state index is 12.2. The van der Waals surface area contributed by atoms with Gasteiger partial charge in [0.25, 0.3) is 0 Å². The molecule has 0 aromatic rings. The molecule has 11 heteroatoms. The number of aliphatic imine (C=N–C) groups is 1. The molecule has 0 bridgehead atoms. The van der Waals surface area contributed by atoms with E-state index in [0.717, 1.165) is 0 Å². The summed E-state index contributed by atoms with van der Waals surface area (Å²) >= 11 is 0. The lowest BCUT2D eigenvalue weighted by atomic mass is 9.82. The van der Waals surface area contributed by atoms with Crippen molar-refractivity contribution < 1.29 is 14.4 Å². The lowest BCUT2D eigenvalue weighted by Crippen LogP contribution is -2.67. The van der Waals surface area contributed by atoms with Gasteiger partial charge in [0, 0.05) is 0 Å². The predicted octanol–water partition coefficient (Wildman–Crippen LogP) is -5.23. The second-order valence-electron chi connectivity index (χ2n) is 5.29. The van der Waals surface area contributed by atoms with E-state index in [1.807, 2.05) is 0 Å². The zero-order chi connectivity index (χ0) is 17.6. The molecule has 4 unspecified atom stereocenters. The Bertz CT molecular complexity index is 677. The second kappa shape index (κ2) is 5.46. The van der Waals surface area contributed by atoms with Crippen molar-refractivity contribution in [1.29, 1.82) is 0 Å². The Balaban J connectivity index is 2.54. The smallest absolute Gasteiger partial charge is 0.228 e. The van der Waals surface area contributed by atoms with E-state index in [9.17, 15) is 14.4 Å². The molecule has 11 nitrogen and oxygen atoms in total. The average Bonchev–Trinajstić information content (AvgIpc) is 2.54. The van der Waals surface area contributed by atoms with Crippen molar-refractivity contribution in [2.45, 2.75) is 24.2 Å². The fraction of sp³-hybridized carbons (Fsp3) is 0.333. The lowest BCUT2D eigenvalue weighted by Gasteiger charge is -2.32. The number of hydrogen-bond donors (Lipinski definition) is 7. The fourth-order valence-corrected chi connectivity index (χ4v) is 2.32. The quantitative estimate of drug-likeness (QED) is 0.226. The van der Waals surface area contributed by atoms with E-state index in [4.69, 9.17) is 40.1 Å². The molecule has 2 aliphatic rings. The molecular weight excluding hydrogens is 304 g/mol. The molecule has 2 aliphatic carbocycles. The largest absolute Gasteiger partial charge is 0.395 e. The summed E-state index contributed by atoms with van der Waals surface area (Å²) in [7, 11) is 0. The molecule has 124 valence electrons. The molecular formula is C12H18N8O3. The Labute approximate surface area is 130 Å². The van der Waals surface area contributed by atoms with Crippen LogP contribution in [0, 0.1) is 0 Å². The van der Waals surface area contributed by atoms with Crippen molar-refractivity contribution in [1.82, 2.24) is 0 Å². The van der Waals surface area contributed by atoms with Crippen LogP contribution in [0.15, 0.2) is 27.8 Å². The Kier molecular flexibility index (Phi) is 3.94. The summed E-state index contributed by atoms with van der Waals surface area (Å²) in [5.41, 5.74) is 38.0. The molecule has 0 aromatic heterocycles. The molecule has 4 atom stereocenters. The third kappa shape index (κ3) is 2.36. The van der Waals surface area contributed by atoms with Gasteiger partial charge in [-0.05, 0) is 0 Å². The number of hydrogen-bond acceptors (Lipinski definition) is 11. The number of nitrogens with two attached hydrogens (primary N) is 7. The molecule has 14 N–H and O–H groups in total. The molecule has 0 aromatic carbocycles. The summed E-state index contributed by atoms with van der Waals surface area (Å²) in [5.74, 6) is -2.01. The number of nitrogens with zero attached hydrogens (tertiary/aromatic N) is 1. The Morgan fingerprint density at radius 3 is 1.57 bits per heavy atom. The zero-order valence-corrected chi connectivity index (χ0v) is 12.0. The minimum Gasteiger partial charge on any atom is -0.395 e. The van der Waals surface area contributed by atoms with E-state index >= 15 is 0 Å². The number of carbonyl (C=O) groups is 3. The molecule has 2 rings (SSSR count). The molecule has 0 aliphatic heterocycles. The predicted molar refractivity (Wildman–Crippen MR) is 81.0 cm³/mol. The van der Waals surface area contributed by atoms with Crippen LogP contribution in [-0.2, 0) is 14.4 Å². The van der Waals surface area contributed by atoms with Gasteiger partial charge in [-0.25, -0.2) is 0 Å². The van der Waals surface area contributed by atoms with Crippen LogP contribution in [0.1, 0.15) is 0 Å². The summed E-state index contributed by atoms with van der Waals surface area (Å²) in [6, 6.07) is -5.13. The van der Waals surface area contributed by atoms with Gasteiger partial charge in [-0.3, -0.25) is 19.4 Å². The first kappa shape index (κ1) is 16.6. The van der Waals surface area contributed by atoms with Gasteiger partial charge in [-0.1, -0.05) is 0 Å². The zero-order valence-electron chi connectivity index (χ0n) is 12.0. The molecule has 0 heterocycles. The van der Waals surface area contributed by atoms with Gasteiger partial charge in [-0.2, -0.15) is 0 Å². The van der Waals surface area contributed by atoms with E-state index in [-0.39, 0.29) is 28.5 Å². The first-order chi connectivity index (χ1) is 10.6. The summed E-state index contributed by atoms with van der Waals surface area (Å²) in [6.07, 6.45) is 0. The van der Waals surface area contributed by atoms with Crippen molar-refractivity contribution in [2.24, 2.45) is 45.1 Å². The molecule has 0 saturated heterocycles. The van der Waals surface area contributed by atoms with E-state index in [2.05, 4.69) is 4.99 Å². The minimum absolute atomic E-state index is 0.177. The monoisotopic (exact) mass is 322 g/mol. The molecule has 0 spiro atoms. The van der Waals surface area contributed by atoms with Crippen LogP contribution in [0.4, 0.5) is 0 Å². The molecule has 0 amide bonds. The van der Waals surface area contributed by atoms with Gasteiger partial charge in [0.2, 0.25) is 5.78 Å². The molecule has 23 heavy (non-hydrogen) atoms. The standard InChI is InChI=1S/C12H18N8O3/c13-1-3(15)10(21)4(16)2(14)8(1)20-9-7(19)11(22)5(17)6(18)12(9)23/h5-7,9H,13-19H2. The van der Waals surface area contributed by atoms with Gasteiger partial charge in [0.1, 0.15) is 23.1 Å². The van der Waals surface area contributed by atoms with E-state index in [0.29, 0.717) is 0 Å². The Morgan fingerprint density at radius 1 is 0.652 bits per heavy atom. The fourth-order valence-electron chi connectivity index (χ4n) is 2.32. The number of ketones is 3. The summed E-state index contributed by atoms with van der Waals surface area (Å²) in [4.78, 5) is 39.8. The van der Waals surface area contributed by atoms with Crippen molar-refractivity contribution in [3.05, 3.63) is 22.8 Å². The highest BCUT2D eigenvalue weighted by Crippen LogP contribution is 2.19. The molecule has 1 fully saturated rings. The van der Waals surface area contributed by atoms with Crippen molar-refractivity contribution in [3.8, 4) is 0 Å². The van der Waals surface area contributed by atoms with Gasteiger partial charge >= 0.3 is 0 Å². The van der Waals surface area contributed by atoms with Crippen LogP contribution in [0.3, 0.4) is 0 Å². The topological polar surface area (TPSA) is 246 Å². The first-order valence-electron chi connectivity index (χ1n) is 6.57. The highest BCUT2D eigenvalue weighted by atomic mass is 16.2. The first-order valence-corrected chi connectivity index (χ1v) is 6.57. The van der Waals surface area contributed by atoms with Gasteiger partial charge in [-0.15, -0.1) is 0 Å². The van der Waals surface area contributed by atoms with Gasteiger partial charge < -0.3 is 40.1 Å². The Morgan fingerprint density at radius 2 is 1.09 bits per heavy atom. The van der Waals surface area contributed by atoms with Gasteiger partial charge in [0.15, 0.2) is 11.6 Å². The normalized spacial score (nSPS) is 32.7. The molecule has 0 radical (unpaired) electrons.